The molecule has 4 heteroatoms. The van der Waals surface area contributed by atoms with E-state index in [1.54, 1.807) is 0 Å². The van der Waals surface area contributed by atoms with E-state index >= 15 is 0 Å². The average Bonchev–Trinajstić information content (AvgIpc) is 2.53. The van der Waals surface area contributed by atoms with Crippen LogP contribution < -0.4 is 0 Å². The summed E-state index contributed by atoms with van der Waals surface area (Å²) in [7, 11) is 0. The monoisotopic (exact) mass is 284 g/mol. The van der Waals surface area contributed by atoms with E-state index in [9.17, 15) is 9.90 Å². The zero-order valence-electron chi connectivity index (χ0n) is 12.2. The van der Waals surface area contributed by atoms with Gasteiger partial charge >= 0.3 is 0 Å². The van der Waals surface area contributed by atoms with Gasteiger partial charge in [0.25, 0.3) is 5.91 Å². The Labute approximate surface area is 124 Å². The van der Waals surface area contributed by atoms with Crippen LogP contribution in [0.1, 0.15) is 28.9 Å². The van der Waals surface area contributed by atoms with Crippen molar-refractivity contribution in [1.82, 2.24) is 9.88 Å². The van der Waals surface area contributed by atoms with Gasteiger partial charge in [0.2, 0.25) is 0 Å². The Balaban J connectivity index is 1.85. The van der Waals surface area contributed by atoms with Crippen LogP contribution in [0, 0.1) is 12.8 Å². The summed E-state index contributed by atoms with van der Waals surface area (Å²) in [5.74, 6) is 0.267. The highest BCUT2D eigenvalue weighted by Crippen LogP contribution is 2.20. The fourth-order valence-corrected chi connectivity index (χ4v) is 2.94. The summed E-state index contributed by atoms with van der Waals surface area (Å²) in [5.41, 5.74) is 2.59. The summed E-state index contributed by atoms with van der Waals surface area (Å²) in [6, 6.07) is 9.62. The first-order valence-electron chi connectivity index (χ1n) is 7.45. The Morgan fingerprint density at radius 2 is 2.24 bits per heavy atom. The molecular formula is C17H20N2O2. The van der Waals surface area contributed by atoms with Crippen LogP contribution >= 0.6 is 0 Å². The van der Waals surface area contributed by atoms with E-state index in [-0.39, 0.29) is 18.4 Å². The third-order valence-electron chi connectivity index (χ3n) is 4.14. The molecule has 2 heterocycles. The Hall–Kier alpha value is -1.94. The third kappa shape index (κ3) is 2.90. The second-order valence-corrected chi connectivity index (χ2v) is 5.80. The molecule has 3 rings (SSSR count). The van der Waals surface area contributed by atoms with Crippen molar-refractivity contribution in [3.8, 4) is 0 Å². The number of hydrogen-bond acceptors (Lipinski definition) is 3. The molecule has 2 aromatic rings. The SMILES string of the molecule is Cc1ccc2cc(C(=O)N3CCCC(CO)C3)ccc2n1. The maximum Gasteiger partial charge on any atom is 0.253 e. The van der Waals surface area contributed by atoms with E-state index < -0.39 is 0 Å². The minimum absolute atomic E-state index is 0.0515. The molecule has 110 valence electrons. The number of carbonyl (C=O) groups is 1. The predicted molar refractivity (Wildman–Crippen MR) is 82.2 cm³/mol. The van der Waals surface area contributed by atoms with Crippen LogP contribution in [0.5, 0.6) is 0 Å². The van der Waals surface area contributed by atoms with Gasteiger partial charge in [-0.2, -0.15) is 0 Å². The number of carbonyl (C=O) groups excluding carboxylic acids is 1. The number of pyridine rings is 1. The maximum atomic E-state index is 12.6. The van der Waals surface area contributed by atoms with Gasteiger partial charge in [-0.1, -0.05) is 6.07 Å². The summed E-state index contributed by atoms with van der Waals surface area (Å²) in [6.07, 6.45) is 1.96. The molecule has 0 saturated carbocycles. The largest absolute Gasteiger partial charge is 0.396 e. The molecule has 21 heavy (non-hydrogen) atoms. The normalized spacial score (nSPS) is 19.0. The summed E-state index contributed by atoms with van der Waals surface area (Å²) >= 11 is 0. The number of nitrogens with zero attached hydrogens (tertiary/aromatic N) is 2. The Morgan fingerprint density at radius 3 is 3.05 bits per heavy atom. The number of aromatic nitrogens is 1. The van der Waals surface area contributed by atoms with Crippen molar-refractivity contribution in [1.29, 1.82) is 0 Å². The summed E-state index contributed by atoms with van der Waals surface area (Å²) in [5, 5.41) is 10.3. The van der Waals surface area contributed by atoms with Gasteiger partial charge in [-0.15, -0.1) is 0 Å². The zero-order valence-corrected chi connectivity index (χ0v) is 12.2. The molecule has 1 fully saturated rings. The van der Waals surface area contributed by atoms with Crippen molar-refractivity contribution < 1.29 is 9.90 Å². The third-order valence-corrected chi connectivity index (χ3v) is 4.14. The highest BCUT2D eigenvalue weighted by molar-refractivity contribution is 5.98. The molecule has 1 saturated heterocycles. The molecule has 1 atom stereocenters. The van der Waals surface area contributed by atoms with Crippen LogP contribution in [0.2, 0.25) is 0 Å². The number of aryl methyl sites for hydroxylation is 1. The van der Waals surface area contributed by atoms with Gasteiger partial charge in [-0.3, -0.25) is 9.78 Å². The smallest absolute Gasteiger partial charge is 0.253 e. The van der Waals surface area contributed by atoms with Crippen LogP contribution in [0.25, 0.3) is 10.9 Å². The van der Waals surface area contributed by atoms with E-state index in [4.69, 9.17) is 0 Å². The lowest BCUT2D eigenvalue weighted by Gasteiger charge is -2.32. The summed E-state index contributed by atoms with van der Waals surface area (Å²) in [6.45, 7) is 3.55. The molecule has 1 unspecified atom stereocenters. The number of aliphatic hydroxyl groups is 1. The highest BCUT2D eigenvalue weighted by atomic mass is 16.3. The first kappa shape index (κ1) is 14.0. The van der Waals surface area contributed by atoms with Gasteiger partial charge in [0.15, 0.2) is 0 Å². The second kappa shape index (κ2) is 5.82. The Bertz CT molecular complexity index is 669. The number of rotatable bonds is 2. The fraction of sp³-hybridized carbons (Fsp3) is 0.412. The lowest BCUT2D eigenvalue weighted by atomic mass is 9.98. The summed E-state index contributed by atoms with van der Waals surface area (Å²) < 4.78 is 0. The van der Waals surface area contributed by atoms with Crippen LogP contribution in [0.3, 0.4) is 0 Å². The number of hydrogen-bond donors (Lipinski definition) is 1. The van der Waals surface area contributed by atoms with Crippen molar-refractivity contribution in [3.63, 3.8) is 0 Å². The number of amides is 1. The van der Waals surface area contributed by atoms with Gasteiger partial charge in [0.05, 0.1) is 5.52 Å². The Morgan fingerprint density at radius 1 is 1.38 bits per heavy atom. The fourth-order valence-electron chi connectivity index (χ4n) is 2.94. The molecule has 1 aromatic carbocycles. The molecule has 1 aromatic heterocycles. The first-order valence-corrected chi connectivity index (χ1v) is 7.45. The van der Waals surface area contributed by atoms with Gasteiger partial charge in [0.1, 0.15) is 0 Å². The van der Waals surface area contributed by atoms with Crippen LogP contribution in [0.4, 0.5) is 0 Å². The van der Waals surface area contributed by atoms with Crippen molar-refractivity contribution in [3.05, 3.63) is 41.6 Å². The van der Waals surface area contributed by atoms with Crippen molar-refractivity contribution in [2.75, 3.05) is 19.7 Å². The predicted octanol–water partition coefficient (Wildman–Crippen LogP) is 2.39. The van der Waals surface area contributed by atoms with Gasteiger partial charge in [-0.25, -0.2) is 0 Å². The van der Waals surface area contributed by atoms with Crippen LogP contribution in [0.15, 0.2) is 30.3 Å². The van der Waals surface area contributed by atoms with E-state index in [0.29, 0.717) is 12.1 Å². The van der Waals surface area contributed by atoms with Crippen molar-refractivity contribution in [2.24, 2.45) is 5.92 Å². The number of likely N-dealkylation sites (tertiary alicyclic amines) is 1. The van der Waals surface area contributed by atoms with Crippen LogP contribution in [-0.2, 0) is 0 Å². The van der Waals surface area contributed by atoms with Crippen LogP contribution in [-0.4, -0.2) is 40.6 Å². The minimum atomic E-state index is 0.0515. The molecule has 0 radical (unpaired) electrons. The lowest BCUT2D eigenvalue weighted by molar-refractivity contribution is 0.0621. The molecule has 1 aliphatic heterocycles. The first-order chi connectivity index (χ1) is 10.2. The molecule has 1 N–H and O–H groups in total. The Kier molecular flexibility index (Phi) is 3.88. The van der Waals surface area contributed by atoms with E-state index in [1.165, 1.54) is 0 Å². The molecule has 1 amide bonds. The van der Waals surface area contributed by atoms with E-state index in [1.807, 2.05) is 42.2 Å². The van der Waals surface area contributed by atoms with Gasteiger partial charge in [-0.05, 0) is 49.9 Å². The standard InChI is InChI=1S/C17H20N2O2/c1-12-4-5-14-9-15(6-7-16(14)18-12)17(21)19-8-2-3-13(10-19)11-20/h4-7,9,13,20H,2-3,8,10-11H2,1H3. The minimum Gasteiger partial charge on any atom is -0.396 e. The highest BCUT2D eigenvalue weighted by Gasteiger charge is 2.24. The summed E-state index contributed by atoms with van der Waals surface area (Å²) in [4.78, 5) is 18.9. The van der Waals surface area contributed by atoms with E-state index in [2.05, 4.69) is 4.98 Å². The van der Waals surface area contributed by atoms with Crippen molar-refractivity contribution >= 4 is 16.8 Å². The molecular weight excluding hydrogens is 264 g/mol. The maximum absolute atomic E-state index is 12.6. The zero-order chi connectivity index (χ0) is 14.8. The molecule has 0 aliphatic carbocycles. The van der Waals surface area contributed by atoms with Gasteiger partial charge < -0.3 is 10.0 Å². The quantitative estimate of drug-likeness (QED) is 0.921. The second-order valence-electron chi connectivity index (χ2n) is 5.80. The number of aliphatic hydroxyl groups excluding tert-OH is 1. The number of piperidine rings is 1. The number of benzene rings is 1. The number of fused-ring (bicyclic) bond motifs is 1. The van der Waals surface area contributed by atoms with E-state index in [0.717, 1.165) is 36.0 Å². The molecule has 0 bridgehead atoms. The average molecular weight is 284 g/mol. The van der Waals surface area contributed by atoms with Crippen molar-refractivity contribution in [2.45, 2.75) is 19.8 Å². The molecule has 1 aliphatic rings. The lowest BCUT2D eigenvalue weighted by Crippen LogP contribution is -2.40. The topological polar surface area (TPSA) is 53.4 Å². The molecule has 0 spiro atoms. The molecule has 4 nitrogen and oxygen atoms in total. The van der Waals surface area contributed by atoms with Gasteiger partial charge in [0, 0.05) is 36.3 Å².